The summed E-state index contributed by atoms with van der Waals surface area (Å²) in [5.41, 5.74) is 1.75. The molecule has 0 radical (unpaired) electrons. The molecule has 0 bridgehead atoms. The lowest BCUT2D eigenvalue weighted by atomic mass is 9.90. The van der Waals surface area contributed by atoms with E-state index in [2.05, 4.69) is 15.6 Å². The lowest BCUT2D eigenvalue weighted by Gasteiger charge is -2.48. The number of aromatic amines is 1. The number of hydrogen-bond acceptors (Lipinski definition) is 7. The molecule has 0 saturated carbocycles. The maximum absolute atomic E-state index is 13.9. The zero-order chi connectivity index (χ0) is 33.0. The van der Waals surface area contributed by atoms with Crippen molar-refractivity contribution in [2.45, 2.75) is 82.6 Å². The van der Waals surface area contributed by atoms with Crippen molar-refractivity contribution in [1.29, 1.82) is 0 Å². The van der Waals surface area contributed by atoms with Gasteiger partial charge >= 0.3 is 18.1 Å². The van der Waals surface area contributed by atoms with Gasteiger partial charge in [0, 0.05) is 48.9 Å². The Balaban J connectivity index is 1.34. The van der Waals surface area contributed by atoms with Gasteiger partial charge in [-0.3, -0.25) is 9.59 Å². The van der Waals surface area contributed by atoms with Gasteiger partial charge in [0.2, 0.25) is 11.8 Å². The lowest BCUT2D eigenvalue weighted by Crippen LogP contribution is -2.68. The van der Waals surface area contributed by atoms with Crippen LogP contribution in [0.1, 0.15) is 51.2 Å². The summed E-state index contributed by atoms with van der Waals surface area (Å²) in [5, 5.41) is 6.68. The van der Waals surface area contributed by atoms with Gasteiger partial charge in [0.15, 0.2) is 0 Å². The summed E-state index contributed by atoms with van der Waals surface area (Å²) in [6.07, 6.45) is 2.41. The van der Waals surface area contributed by atoms with Crippen LogP contribution in [0.5, 0.6) is 0 Å². The molecule has 46 heavy (non-hydrogen) atoms. The van der Waals surface area contributed by atoms with Crippen LogP contribution in [0.3, 0.4) is 0 Å². The number of nitrogens with one attached hydrogen (secondary N) is 3. The number of amides is 5. The van der Waals surface area contributed by atoms with Crippen molar-refractivity contribution in [1.82, 2.24) is 25.4 Å². The number of methoxy groups -OCH3 is 1. The summed E-state index contributed by atoms with van der Waals surface area (Å²) in [6.45, 7) is 5.59. The Morgan fingerprint density at radius 1 is 1.02 bits per heavy atom. The normalized spacial score (nSPS) is 19.7. The second-order valence-electron chi connectivity index (χ2n) is 12.8. The number of fused-ring (bicyclic) bond motifs is 2. The van der Waals surface area contributed by atoms with Crippen LogP contribution in [-0.2, 0) is 36.7 Å². The third-order valence-electron chi connectivity index (χ3n) is 8.37. The largest absolute Gasteiger partial charge is 0.467 e. The Labute approximate surface area is 267 Å². The molecular formula is C34H41N5O7. The molecule has 5 rings (SSSR count). The fraction of sp³-hybridized carbons (Fsp3) is 0.441. The monoisotopic (exact) mass is 631 g/mol. The van der Waals surface area contributed by atoms with Crippen LogP contribution in [0.15, 0.2) is 60.8 Å². The van der Waals surface area contributed by atoms with Crippen molar-refractivity contribution in [2.75, 3.05) is 13.7 Å². The number of carbonyl (C=O) groups excluding carboxylic acids is 5. The van der Waals surface area contributed by atoms with Crippen molar-refractivity contribution in [3.8, 4) is 0 Å². The molecule has 1 aromatic heterocycles. The second kappa shape index (κ2) is 13.6. The molecule has 2 saturated heterocycles. The molecule has 2 aromatic carbocycles. The fourth-order valence-electron chi connectivity index (χ4n) is 6.26. The van der Waals surface area contributed by atoms with Gasteiger partial charge in [-0.15, -0.1) is 0 Å². The fourth-order valence-corrected chi connectivity index (χ4v) is 6.26. The Hall–Kier alpha value is -4.87. The number of alkyl carbamates (subject to hydrolysis) is 1. The van der Waals surface area contributed by atoms with Gasteiger partial charge < -0.3 is 30.0 Å². The van der Waals surface area contributed by atoms with Crippen molar-refractivity contribution >= 4 is 40.8 Å². The van der Waals surface area contributed by atoms with Crippen LogP contribution in [0.4, 0.5) is 9.59 Å². The predicted molar refractivity (Wildman–Crippen MR) is 170 cm³/mol. The van der Waals surface area contributed by atoms with E-state index in [0.29, 0.717) is 19.4 Å². The van der Waals surface area contributed by atoms with Gasteiger partial charge in [0.1, 0.15) is 17.7 Å². The summed E-state index contributed by atoms with van der Waals surface area (Å²) in [7, 11) is 1.23. The highest BCUT2D eigenvalue weighted by Crippen LogP contribution is 2.29. The van der Waals surface area contributed by atoms with Crippen LogP contribution < -0.4 is 10.6 Å². The minimum absolute atomic E-state index is 0.0778. The third-order valence-corrected chi connectivity index (χ3v) is 8.37. The molecule has 12 nitrogen and oxygen atoms in total. The molecule has 0 aliphatic carbocycles. The van der Waals surface area contributed by atoms with Crippen LogP contribution >= 0.6 is 0 Å². The molecule has 5 amide bonds. The Kier molecular flexibility index (Phi) is 9.64. The Bertz CT molecular complexity index is 1600. The van der Waals surface area contributed by atoms with Gasteiger partial charge in [-0.05, 0) is 50.8 Å². The molecule has 2 fully saturated rings. The first-order chi connectivity index (χ1) is 21.9. The summed E-state index contributed by atoms with van der Waals surface area (Å²) >= 11 is 0. The number of carbonyl (C=O) groups is 5. The number of para-hydroxylation sites is 1. The molecule has 2 aliphatic heterocycles. The minimum Gasteiger partial charge on any atom is -0.467 e. The van der Waals surface area contributed by atoms with E-state index in [1.807, 2.05) is 60.8 Å². The molecule has 3 aromatic rings. The van der Waals surface area contributed by atoms with E-state index in [-0.39, 0.29) is 19.3 Å². The van der Waals surface area contributed by atoms with E-state index >= 15 is 0 Å². The topological polar surface area (TPSA) is 150 Å². The van der Waals surface area contributed by atoms with Gasteiger partial charge in [0.05, 0.1) is 13.2 Å². The molecular weight excluding hydrogens is 590 g/mol. The van der Waals surface area contributed by atoms with Gasteiger partial charge in [-0.1, -0.05) is 48.5 Å². The third kappa shape index (κ3) is 7.32. The first-order valence-corrected chi connectivity index (χ1v) is 15.5. The SMILES string of the molecule is COC(=O)[C@H](Cc1ccccc1)N1C(=O)C[C@H]2[C@H](NC(=O)[C@H](Cc3c[nH]c4ccccc34)NC(=O)OC(C)(C)C)CCCN2C1=O. The zero-order valence-corrected chi connectivity index (χ0v) is 26.6. The number of nitrogens with zero attached hydrogens (tertiary/aromatic N) is 2. The van der Waals surface area contributed by atoms with Crippen molar-refractivity contribution in [3.63, 3.8) is 0 Å². The average molecular weight is 632 g/mol. The van der Waals surface area contributed by atoms with Crippen molar-refractivity contribution in [2.24, 2.45) is 0 Å². The highest BCUT2D eigenvalue weighted by molar-refractivity contribution is 6.01. The van der Waals surface area contributed by atoms with E-state index < -0.39 is 59.7 Å². The summed E-state index contributed by atoms with van der Waals surface area (Å²) in [4.78, 5) is 72.7. The molecule has 3 N–H and O–H groups in total. The van der Waals surface area contributed by atoms with Gasteiger partial charge in [0.25, 0.3) is 0 Å². The zero-order valence-electron chi connectivity index (χ0n) is 26.6. The van der Waals surface area contributed by atoms with E-state index in [4.69, 9.17) is 9.47 Å². The molecule has 0 spiro atoms. The van der Waals surface area contributed by atoms with E-state index in [1.165, 1.54) is 7.11 Å². The van der Waals surface area contributed by atoms with Crippen LogP contribution in [0, 0.1) is 0 Å². The quantitative estimate of drug-likeness (QED) is 0.305. The smallest absolute Gasteiger partial charge is 0.408 e. The number of benzene rings is 2. The predicted octanol–water partition coefficient (Wildman–Crippen LogP) is 3.69. The molecule has 244 valence electrons. The second-order valence-corrected chi connectivity index (χ2v) is 12.8. The molecule has 3 heterocycles. The number of imide groups is 1. The van der Waals surface area contributed by atoms with Crippen LogP contribution in [-0.4, -0.2) is 88.1 Å². The first-order valence-electron chi connectivity index (χ1n) is 15.5. The van der Waals surface area contributed by atoms with Crippen molar-refractivity contribution < 1.29 is 33.4 Å². The first kappa shape index (κ1) is 32.5. The number of esters is 1. The van der Waals surface area contributed by atoms with E-state index in [1.54, 1.807) is 25.7 Å². The highest BCUT2D eigenvalue weighted by atomic mass is 16.6. The van der Waals surface area contributed by atoms with E-state index in [0.717, 1.165) is 26.9 Å². The number of H-pyrrole nitrogens is 1. The summed E-state index contributed by atoms with van der Waals surface area (Å²) in [6, 6.07) is 12.9. The molecule has 0 unspecified atom stereocenters. The lowest BCUT2D eigenvalue weighted by molar-refractivity contribution is -0.153. The number of aromatic nitrogens is 1. The Morgan fingerprint density at radius 3 is 2.46 bits per heavy atom. The molecule has 2 aliphatic rings. The maximum atomic E-state index is 13.9. The number of rotatable bonds is 9. The standard InChI is InChI=1S/C34H41N5O7/c1-34(2,3)46-32(43)37-26(18-22-20-35-24-14-9-8-13-23(22)24)30(41)36-25-15-10-16-38-27(25)19-29(40)39(33(38)44)28(31(42)45-4)17-21-11-6-5-7-12-21/h5-9,11-14,20,25-28,35H,10,15-19H2,1-4H3,(H,36,41)(H,37,43)/t25-,26+,27+,28+/m1/s1. The van der Waals surface area contributed by atoms with E-state index in [9.17, 15) is 24.0 Å². The highest BCUT2D eigenvalue weighted by Gasteiger charge is 2.48. The number of hydrogen-bond donors (Lipinski definition) is 3. The maximum Gasteiger partial charge on any atom is 0.408 e. The minimum atomic E-state index is -1.12. The van der Waals surface area contributed by atoms with Crippen molar-refractivity contribution in [3.05, 3.63) is 71.9 Å². The summed E-state index contributed by atoms with van der Waals surface area (Å²) in [5.74, 6) is -1.65. The number of ether oxygens (including phenoxy) is 2. The molecule has 4 atom stereocenters. The van der Waals surface area contributed by atoms with Gasteiger partial charge in [-0.2, -0.15) is 0 Å². The average Bonchev–Trinajstić information content (AvgIpc) is 3.42. The summed E-state index contributed by atoms with van der Waals surface area (Å²) < 4.78 is 10.5. The number of urea groups is 1. The Morgan fingerprint density at radius 2 is 1.74 bits per heavy atom. The van der Waals surface area contributed by atoms with Crippen LogP contribution in [0.25, 0.3) is 10.9 Å². The van der Waals surface area contributed by atoms with Gasteiger partial charge in [-0.25, -0.2) is 19.3 Å². The van der Waals surface area contributed by atoms with Crippen LogP contribution in [0.2, 0.25) is 0 Å². The molecule has 12 heteroatoms. The number of piperidine rings is 1.